The standard InChI is InChI=1S/C27H28ClN3O3/c1-3-15-29-26(33)22(4-2)30(16-18-11-13-20(28)14-12-18)24(32)17-31-23-10-6-8-19-7-5-9-21(25(19)23)27(31)34/h5-14,22H,3-4,15-17H2,1-2H3,(H,29,33)/t22-/m0/s1. The van der Waals surface area contributed by atoms with Crippen LogP contribution in [0.1, 0.15) is 42.6 Å². The van der Waals surface area contributed by atoms with Crippen LogP contribution < -0.4 is 10.2 Å². The molecule has 0 bridgehead atoms. The van der Waals surface area contributed by atoms with Gasteiger partial charge in [0.25, 0.3) is 5.91 Å². The Hall–Kier alpha value is -3.38. The van der Waals surface area contributed by atoms with Gasteiger partial charge in [0, 0.05) is 29.1 Å². The van der Waals surface area contributed by atoms with Crippen molar-refractivity contribution in [2.75, 3.05) is 18.0 Å². The van der Waals surface area contributed by atoms with Crippen LogP contribution in [0, 0.1) is 0 Å². The fraction of sp³-hybridized carbons (Fsp3) is 0.296. The Labute approximate surface area is 204 Å². The molecule has 1 N–H and O–H groups in total. The zero-order chi connectivity index (χ0) is 24.2. The van der Waals surface area contributed by atoms with E-state index in [1.54, 1.807) is 23.1 Å². The summed E-state index contributed by atoms with van der Waals surface area (Å²) in [7, 11) is 0. The predicted molar refractivity (Wildman–Crippen MR) is 135 cm³/mol. The molecule has 0 aliphatic carbocycles. The number of nitrogens with one attached hydrogen (secondary N) is 1. The monoisotopic (exact) mass is 477 g/mol. The maximum atomic E-state index is 13.7. The molecule has 3 amide bonds. The molecule has 1 aliphatic heterocycles. The molecule has 7 heteroatoms. The van der Waals surface area contributed by atoms with Gasteiger partial charge < -0.3 is 10.2 Å². The minimum Gasteiger partial charge on any atom is -0.354 e. The average Bonchev–Trinajstić information content (AvgIpc) is 3.11. The van der Waals surface area contributed by atoms with Gasteiger partial charge >= 0.3 is 0 Å². The molecular weight excluding hydrogens is 450 g/mol. The smallest absolute Gasteiger partial charge is 0.259 e. The quantitative estimate of drug-likeness (QED) is 0.482. The molecule has 0 radical (unpaired) electrons. The normalized spacial score (nSPS) is 13.3. The maximum absolute atomic E-state index is 13.7. The number of rotatable bonds is 9. The van der Waals surface area contributed by atoms with E-state index in [2.05, 4.69) is 5.32 Å². The van der Waals surface area contributed by atoms with Gasteiger partial charge in [-0.2, -0.15) is 0 Å². The highest BCUT2D eigenvalue weighted by atomic mass is 35.5. The second-order valence-electron chi connectivity index (χ2n) is 8.44. The second kappa shape index (κ2) is 10.3. The highest BCUT2D eigenvalue weighted by Gasteiger charge is 2.35. The van der Waals surface area contributed by atoms with Crippen LogP contribution in [0.5, 0.6) is 0 Å². The van der Waals surface area contributed by atoms with Gasteiger partial charge in [0.05, 0.1) is 5.69 Å². The van der Waals surface area contributed by atoms with Crippen molar-refractivity contribution in [2.24, 2.45) is 0 Å². The fourth-order valence-corrected chi connectivity index (χ4v) is 4.56. The first-order chi connectivity index (χ1) is 16.4. The van der Waals surface area contributed by atoms with Crippen molar-refractivity contribution in [1.29, 1.82) is 0 Å². The number of carbonyl (C=O) groups is 3. The van der Waals surface area contributed by atoms with E-state index in [0.717, 1.165) is 28.4 Å². The minimum absolute atomic E-state index is 0.141. The van der Waals surface area contributed by atoms with E-state index in [-0.39, 0.29) is 30.8 Å². The summed E-state index contributed by atoms with van der Waals surface area (Å²) < 4.78 is 0. The number of nitrogens with zero attached hydrogens (tertiary/aromatic N) is 2. The van der Waals surface area contributed by atoms with E-state index >= 15 is 0 Å². The topological polar surface area (TPSA) is 69.7 Å². The van der Waals surface area contributed by atoms with Crippen molar-refractivity contribution in [3.63, 3.8) is 0 Å². The van der Waals surface area contributed by atoms with Crippen molar-refractivity contribution in [2.45, 2.75) is 39.3 Å². The number of benzene rings is 3. The molecule has 3 aromatic carbocycles. The van der Waals surface area contributed by atoms with Crippen molar-refractivity contribution >= 4 is 45.8 Å². The third-order valence-electron chi connectivity index (χ3n) is 6.14. The second-order valence-corrected chi connectivity index (χ2v) is 8.87. The Morgan fingerprint density at radius 3 is 2.41 bits per heavy atom. The van der Waals surface area contributed by atoms with Crippen molar-refractivity contribution in [3.8, 4) is 0 Å². The van der Waals surface area contributed by atoms with E-state index in [0.29, 0.717) is 23.6 Å². The van der Waals surface area contributed by atoms with Gasteiger partial charge in [0.15, 0.2) is 0 Å². The van der Waals surface area contributed by atoms with E-state index in [1.165, 1.54) is 4.90 Å². The van der Waals surface area contributed by atoms with Crippen LogP contribution in [0.15, 0.2) is 60.7 Å². The molecule has 0 unspecified atom stereocenters. The predicted octanol–water partition coefficient (Wildman–Crippen LogP) is 4.79. The number of carbonyl (C=O) groups excluding carboxylic acids is 3. The minimum atomic E-state index is -0.648. The first-order valence-electron chi connectivity index (χ1n) is 11.6. The Kier molecular flexibility index (Phi) is 7.17. The molecule has 0 saturated heterocycles. The summed E-state index contributed by atoms with van der Waals surface area (Å²) >= 11 is 6.03. The highest BCUT2D eigenvalue weighted by Crippen LogP contribution is 2.37. The third-order valence-corrected chi connectivity index (χ3v) is 6.40. The van der Waals surface area contributed by atoms with Gasteiger partial charge in [-0.1, -0.05) is 61.8 Å². The molecule has 0 aromatic heterocycles. The van der Waals surface area contributed by atoms with Crippen LogP contribution in [0.25, 0.3) is 10.8 Å². The van der Waals surface area contributed by atoms with Crippen LogP contribution in [0.3, 0.4) is 0 Å². The average molecular weight is 478 g/mol. The van der Waals surface area contributed by atoms with Crippen LogP contribution in [0.4, 0.5) is 5.69 Å². The van der Waals surface area contributed by atoms with Crippen molar-refractivity contribution in [1.82, 2.24) is 10.2 Å². The maximum Gasteiger partial charge on any atom is 0.259 e. The van der Waals surface area contributed by atoms with Crippen LogP contribution in [0.2, 0.25) is 5.02 Å². The van der Waals surface area contributed by atoms with Crippen LogP contribution >= 0.6 is 11.6 Å². The molecule has 0 spiro atoms. The molecule has 34 heavy (non-hydrogen) atoms. The van der Waals surface area contributed by atoms with Gasteiger partial charge in [-0.25, -0.2) is 0 Å². The Bertz CT molecular complexity index is 1220. The zero-order valence-electron chi connectivity index (χ0n) is 19.4. The van der Waals surface area contributed by atoms with E-state index in [9.17, 15) is 14.4 Å². The first-order valence-corrected chi connectivity index (χ1v) is 12.0. The molecule has 176 valence electrons. The van der Waals surface area contributed by atoms with E-state index in [4.69, 9.17) is 11.6 Å². The third kappa shape index (κ3) is 4.64. The lowest BCUT2D eigenvalue weighted by Gasteiger charge is -2.32. The molecular formula is C27H28ClN3O3. The van der Waals surface area contributed by atoms with Crippen LogP contribution in [-0.4, -0.2) is 41.8 Å². The Balaban J connectivity index is 1.64. The lowest BCUT2D eigenvalue weighted by Crippen LogP contribution is -2.52. The first kappa shape index (κ1) is 23.8. The summed E-state index contributed by atoms with van der Waals surface area (Å²) in [5.74, 6) is -0.675. The molecule has 0 fully saturated rings. The Morgan fingerprint density at radius 1 is 1.03 bits per heavy atom. The zero-order valence-corrected chi connectivity index (χ0v) is 20.1. The Morgan fingerprint density at radius 2 is 1.74 bits per heavy atom. The van der Waals surface area contributed by atoms with Gasteiger partial charge in [-0.15, -0.1) is 0 Å². The number of amides is 3. The molecule has 3 aromatic rings. The fourth-order valence-electron chi connectivity index (χ4n) is 4.43. The highest BCUT2D eigenvalue weighted by molar-refractivity contribution is 6.30. The molecule has 1 atom stereocenters. The van der Waals surface area contributed by atoms with Gasteiger partial charge in [-0.05, 0) is 48.1 Å². The number of halogens is 1. The van der Waals surface area contributed by atoms with Gasteiger partial charge in [0.1, 0.15) is 12.6 Å². The molecule has 4 rings (SSSR count). The number of hydrogen-bond acceptors (Lipinski definition) is 3. The largest absolute Gasteiger partial charge is 0.354 e. The summed E-state index contributed by atoms with van der Waals surface area (Å²) in [6.07, 6.45) is 1.26. The van der Waals surface area contributed by atoms with E-state index in [1.807, 2.05) is 56.3 Å². The van der Waals surface area contributed by atoms with Crippen molar-refractivity contribution in [3.05, 3.63) is 76.8 Å². The molecule has 6 nitrogen and oxygen atoms in total. The molecule has 0 saturated carbocycles. The van der Waals surface area contributed by atoms with Gasteiger partial charge in [0.2, 0.25) is 11.8 Å². The van der Waals surface area contributed by atoms with Crippen molar-refractivity contribution < 1.29 is 14.4 Å². The summed E-state index contributed by atoms with van der Waals surface area (Å²) in [5, 5.41) is 5.33. The molecule has 1 aliphatic rings. The lowest BCUT2D eigenvalue weighted by molar-refractivity contribution is -0.140. The lowest BCUT2D eigenvalue weighted by atomic mass is 10.1. The summed E-state index contributed by atoms with van der Waals surface area (Å²) in [5.41, 5.74) is 2.18. The number of anilines is 1. The summed E-state index contributed by atoms with van der Waals surface area (Å²) in [4.78, 5) is 42.9. The van der Waals surface area contributed by atoms with E-state index < -0.39 is 6.04 Å². The summed E-state index contributed by atoms with van der Waals surface area (Å²) in [6, 6.07) is 17.9. The summed E-state index contributed by atoms with van der Waals surface area (Å²) in [6.45, 7) is 4.51. The SMILES string of the molecule is CCCNC(=O)[C@H](CC)N(Cc1ccc(Cl)cc1)C(=O)CN1C(=O)c2cccc3cccc1c23. The molecule has 1 heterocycles. The van der Waals surface area contributed by atoms with Gasteiger partial charge in [-0.3, -0.25) is 19.3 Å². The van der Waals surface area contributed by atoms with Crippen LogP contribution in [-0.2, 0) is 16.1 Å². The number of hydrogen-bond donors (Lipinski definition) is 1.